The summed E-state index contributed by atoms with van der Waals surface area (Å²) in [7, 11) is 0. The van der Waals surface area contributed by atoms with E-state index in [1.54, 1.807) is 0 Å². The zero-order chi connectivity index (χ0) is 13.7. The topological polar surface area (TPSA) is 37.8 Å². The molecular weight excluding hydrogens is 254 g/mol. The molecule has 108 valence electrons. The van der Waals surface area contributed by atoms with Crippen LogP contribution < -0.4 is 5.32 Å². The third kappa shape index (κ3) is 5.57. The van der Waals surface area contributed by atoms with Crippen LogP contribution in [0, 0.1) is 5.92 Å². The second-order valence-corrected chi connectivity index (χ2v) is 7.87. The molecule has 1 saturated carbocycles. The minimum Gasteiger partial charge on any atom is -0.312 e. The van der Waals surface area contributed by atoms with Crippen molar-refractivity contribution < 1.29 is 0 Å². The van der Waals surface area contributed by atoms with Gasteiger partial charge in [-0.25, -0.2) is 0 Å². The Morgan fingerprint density at radius 3 is 2.53 bits per heavy atom. The molecule has 1 aromatic rings. The first kappa shape index (κ1) is 14.9. The molecule has 1 heterocycles. The van der Waals surface area contributed by atoms with Crippen molar-refractivity contribution in [2.24, 2.45) is 5.92 Å². The molecule has 0 bridgehead atoms. The Kier molecular flexibility index (Phi) is 5.34. The highest BCUT2D eigenvalue weighted by Gasteiger charge is 2.17. The number of rotatable bonds is 6. The second-order valence-electron chi connectivity index (χ2n) is 6.72. The summed E-state index contributed by atoms with van der Waals surface area (Å²) in [4.78, 5) is 0. The Hall–Kier alpha value is -0.480. The maximum atomic E-state index is 4.36. The summed E-state index contributed by atoms with van der Waals surface area (Å²) >= 11 is 1.83. The summed E-state index contributed by atoms with van der Waals surface area (Å²) in [5.74, 6) is 0.878. The number of aryl methyl sites for hydroxylation is 1. The van der Waals surface area contributed by atoms with E-state index in [4.69, 9.17) is 0 Å². The predicted molar refractivity (Wildman–Crippen MR) is 81.6 cm³/mol. The standard InChI is InChI=1S/C15H27N3S/c1-15(2,3)16-10-6-9-13-17-18-14(19-13)11-12-7-4-5-8-12/h12,16H,4-11H2,1-3H3. The van der Waals surface area contributed by atoms with Crippen molar-refractivity contribution in [1.29, 1.82) is 0 Å². The average Bonchev–Trinajstić information content (AvgIpc) is 2.96. The average molecular weight is 281 g/mol. The van der Waals surface area contributed by atoms with E-state index in [9.17, 15) is 0 Å². The minimum atomic E-state index is 0.217. The van der Waals surface area contributed by atoms with Crippen LogP contribution in [-0.2, 0) is 12.8 Å². The Morgan fingerprint density at radius 1 is 1.16 bits per heavy atom. The summed E-state index contributed by atoms with van der Waals surface area (Å²) < 4.78 is 0. The number of hydrogen-bond acceptors (Lipinski definition) is 4. The predicted octanol–water partition coefficient (Wildman–Crippen LogP) is 3.59. The molecule has 0 amide bonds. The molecule has 19 heavy (non-hydrogen) atoms. The number of aromatic nitrogens is 2. The zero-order valence-corrected chi connectivity index (χ0v) is 13.4. The lowest BCUT2D eigenvalue weighted by Crippen LogP contribution is -2.36. The van der Waals surface area contributed by atoms with Crippen LogP contribution in [0.1, 0.15) is 62.9 Å². The highest BCUT2D eigenvalue weighted by molar-refractivity contribution is 7.11. The summed E-state index contributed by atoms with van der Waals surface area (Å²) in [5, 5.41) is 14.7. The van der Waals surface area contributed by atoms with Crippen molar-refractivity contribution in [3.8, 4) is 0 Å². The van der Waals surface area contributed by atoms with Crippen LogP contribution in [-0.4, -0.2) is 22.3 Å². The molecule has 1 aromatic heterocycles. The van der Waals surface area contributed by atoms with Crippen molar-refractivity contribution in [3.63, 3.8) is 0 Å². The van der Waals surface area contributed by atoms with Gasteiger partial charge >= 0.3 is 0 Å². The van der Waals surface area contributed by atoms with Gasteiger partial charge in [0.15, 0.2) is 0 Å². The third-order valence-corrected chi connectivity index (χ3v) is 4.67. The highest BCUT2D eigenvalue weighted by atomic mass is 32.1. The first-order chi connectivity index (χ1) is 9.03. The summed E-state index contributed by atoms with van der Waals surface area (Å²) in [6, 6.07) is 0. The number of nitrogens with one attached hydrogen (secondary N) is 1. The molecular formula is C15H27N3S. The van der Waals surface area contributed by atoms with Crippen molar-refractivity contribution in [3.05, 3.63) is 10.0 Å². The van der Waals surface area contributed by atoms with Crippen molar-refractivity contribution in [2.45, 2.75) is 71.3 Å². The quantitative estimate of drug-likeness (QED) is 0.810. The fourth-order valence-electron chi connectivity index (χ4n) is 2.64. The normalized spacial score (nSPS) is 17.2. The molecule has 0 radical (unpaired) electrons. The summed E-state index contributed by atoms with van der Waals surface area (Å²) in [6.45, 7) is 7.67. The van der Waals surface area contributed by atoms with E-state index in [1.165, 1.54) is 35.7 Å². The second kappa shape index (κ2) is 6.80. The smallest absolute Gasteiger partial charge is 0.117 e. The van der Waals surface area contributed by atoms with Gasteiger partial charge in [-0.3, -0.25) is 0 Å². The Balaban J connectivity index is 1.68. The highest BCUT2D eigenvalue weighted by Crippen LogP contribution is 2.28. The summed E-state index contributed by atoms with van der Waals surface area (Å²) in [6.07, 6.45) is 8.98. The molecule has 3 nitrogen and oxygen atoms in total. The fraction of sp³-hybridized carbons (Fsp3) is 0.867. The molecule has 0 spiro atoms. The summed E-state index contributed by atoms with van der Waals surface area (Å²) in [5.41, 5.74) is 0.217. The van der Waals surface area contributed by atoms with E-state index < -0.39 is 0 Å². The molecule has 1 aliphatic carbocycles. The van der Waals surface area contributed by atoms with Crippen LogP contribution in [0.4, 0.5) is 0 Å². The lowest BCUT2D eigenvalue weighted by molar-refractivity contribution is 0.422. The third-order valence-electron chi connectivity index (χ3n) is 3.67. The Morgan fingerprint density at radius 2 is 1.84 bits per heavy atom. The van der Waals surface area contributed by atoms with Crippen molar-refractivity contribution >= 4 is 11.3 Å². The largest absolute Gasteiger partial charge is 0.312 e. The first-order valence-corrected chi connectivity index (χ1v) is 8.41. The Bertz CT molecular complexity index is 375. The van der Waals surface area contributed by atoms with Crippen LogP contribution in [0.3, 0.4) is 0 Å². The molecule has 2 rings (SSSR count). The number of hydrogen-bond donors (Lipinski definition) is 1. The molecule has 0 aliphatic heterocycles. The van der Waals surface area contributed by atoms with E-state index in [0.717, 1.165) is 31.7 Å². The van der Waals surface area contributed by atoms with Gasteiger partial charge in [-0.15, -0.1) is 21.5 Å². The molecule has 1 fully saturated rings. The van der Waals surface area contributed by atoms with Crippen molar-refractivity contribution in [1.82, 2.24) is 15.5 Å². The number of nitrogens with zero attached hydrogens (tertiary/aromatic N) is 2. The molecule has 0 aromatic carbocycles. The van der Waals surface area contributed by atoms with Crippen LogP contribution in [0.2, 0.25) is 0 Å². The van der Waals surface area contributed by atoms with Gasteiger partial charge in [0.2, 0.25) is 0 Å². The molecule has 0 saturated heterocycles. The first-order valence-electron chi connectivity index (χ1n) is 7.59. The molecule has 4 heteroatoms. The van der Waals surface area contributed by atoms with Gasteiger partial charge in [0.05, 0.1) is 0 Å². The maximum Gasteiger partial charge on any atom is 0.117 e. The van der Waals surface area contributed by atoms with Gasteiger partial charge in [-0.1, -0.05) is 25.7 Å². The van der Waals surface area contributed by atoms with Crippen LogP contribution in [0.15, 0.2) is 0 Å². The molecule has 1 N–H and O–H groups in total. The van der Waals surface area contributed by atoms with Gasteiger partial charge in [0.25, 0.3) is 0 Å². The van der Waals surface area contributed by atoms with Gasteiger partial charge in [-0.2, -0.15) is 0 Å². The van der Waals surface area contributed by atoms with E-state index in [0.29, 0.717) is 0 Å². The van der Waals surface area contributed by atoms with Gasteiger partial charge in [0.1, 0.15) is 10.0 Å². The van der Waals surface area contributed by atoms with Crippen LogP contribution in [0.25, 0.3) is 0 Å². The lowest BCUT2D eigenvalue weighted by atomic mass is 10.1. The van der Waals surface area contributed by atoms with Gasteiger partial charge in [0, 0.05) is 18.4 Å². The zero-order valence-electron chi connectivity index (χ0n) is 12.5. The van der Waals surface area contributed by atoms with Crippen LogP contribution in [0.5, 0.6) is 0 Å². The van der Waals surface area contributed by atoms with Gasteiger partial charge in [-0.05, 0) is 39.7 Å². The van der Waals surface area contributed by atoms with Crippen molar-refractivity contribution in [2.75, 3.05) is 6.54 Å². The van der Waals surface area contributed by atoms with E-state index in [-0.39, 0.29) is 5.54 Å². The Labute approximate surface area is 121 Å². The van der Waals surface area contributed by atoms with E-state index >= 15 is 0 Å². The fourth-order valence-corrected chi connectivity index (χ4v) is 3.64. The molecule has 0 unspecified atom stereocenters. The monoisotopic (exact) mass is 281 g/mol. The lowest BCUT2D eigenvalue weighted by Gasteiger charge is -2.20. The van der Waals surface area contributed by atoms with Crippen LogP contribution >= 0.6 is 11.3 Å². The van der Waals surface area contributed by atoms with E-state index in [1.807, 2.05) is 11.3 Å². The minimum absolute atomic E-state index is 0.217. The molecule has 0 atom stereocenters. The maximum absolute atomic E-state index is 4.36. The van der Waals surface area contributed by atoms with E-state index in [2.05, 4.69) is 36.3 Å². The SMILES string of the molecule is CC(C)(C)NCCCc1nnc(CC2CCCC2)s1. The molecule has 1 aliphatic rings. The van der Waals surface area contributed by atoms with Gasteiger partial charge < -0.3 is 5.32 Å².